The van der Waals surface area contributed by atoms with Gasteiger partial charge in [-0.05, 0) is 49.1 Å². The van der Waals surface area contributed by atoms with Crippen LogP contribution in [0, 0.1) is 10.1 Å². The molecule has 1 aromatic heterocycles. The number of nitro groups is 1. The van der Waals surface area contributed by atoms with Crippen LogP contribution in [0.25, 0.3) is 0 Å². The van der Waals surface area contributed by atoms with Crippen molar-refractivity contribution in [3.05, 3.63) is 70.0 Å². The molecule has 1 unspecified atom stereocenters. The third-order valence-corrected chi connectivity index (χ3v) is 6.12. The Kier molecular flexibility index (Phi) is 7.93. The molecule has 34 heavy (non-hydrogen) atoms. The third-order valence-electron chi connectivity index (χ3n) is 5.15. The van der Waals surface area contributed by atoms with E-state index in [1.54, 1.807) is 0 Å². The zero-order valence-electron chi connectivity index (χ0n) is 19.9. The second-order valence-corrected chi connectivity index (χ2v) is 9.70. The number of thioether (sulfide) groups is 1. The minimum atomic E-state index is -0.484. The van der Waals surface area contributed by atoms with Gasteiger partial charge in [-0.15, -0.1) is 10.2 Å². The standard InChI is InChI=1S/C24H29N5O4S/c1-6-28-22(16(2)33-20-13-7-17(8-14-20)24(3,4)5)26-27-23(28)34-15-21(30)25-18-9-11-19(12-10-18)29(31)32/h7-14,16H,6,15H2,1-5H3,(H,25,30). The second kappa shape index (κ2) is 10.7. The molecule has 0 saturated heterocycles. The van der Waals surface area contributed by atoms with Gasteiger partial charge in [-0.25, -0.2) is 0 Å². The first-order chi connectivity index (χ1) is 16.1. The Hall–Kier alpha value is -3.40. The molecule has 2 aromatic carbocycles. The maximum Gasteiger partial charge on any atom is 0.269 e. The fourth-order valence-electron chi connectivity index (χ4n) is 3.29. The van der Waals surface area contributed by atoms with Crippen LogP contribution in [0.5, 0.6) is 5.75 Å². The fourth-order valence-corrected chi connectivity index (χ4v) is 4.10. The molecule has 0 aliphatic carbocycles. The number of carbonyl (C=O) groups is 1. The van der Waals surface area contributed by atoms with Crippen molar-refractivity contribution >= 4 is 29.0 Å². The summed E-state index contributed by atoms with van der Waals surface area (Å²) in [5.41, 5.74) is 1.77. The maximum absolute atomic E-state index is 12.3. The molecule has 0 bridgehead atoms. The largest absolute Gasteiger partial charge is 0.483 e. The van der Waals surface area contributed by atoms with Crippen LogP contribution in [-0.4, -0.2) is 31.3 Å². The highest BCUT2D eigenvalue weighted by atomic mass is 32.2. The molecule has 9 nitrogen and oxygen atoms in total. The van der Waals surface area contributed by atoms with Crippen molar-refractivity contribution in [3.63, 3.8) is 0 Å². The van der Waals surface area contributed by atoms with Gasteiger partial charge in [0.15, 0.2) is 17.1 Å². The van der Waals surface area contributed by atoms with Crippen LogP contribution < -0.4 is 10.1 Å². The van der Waals surface area contributed by atoms with E-state index in [1.807, 2.05) is 30.5 Å². The average molecular weight is 484 g/mol. The average Bonchev–Trinajstić information content (AvgIpc) is 3.21. The van der Waals surface area contributed by atoms with Gasteiger partial charge in [0.2, 0.25) is 5.91 Å². The minimum Gasteiger partial charge on any atom is -0.483 e. The summed E-state index contributed by atoms with van der Waals surface area (Å²) in [4.78, 5) is 22.6. The van der Waals surface area contributed by atoms with E-state index in [4.69, 9.17) is 4.74 Å². The molecule has 1 heterocycles. The highest BCUT2D eigenvalue weighted by molar-refractivity contribution is 7.99. The number of nitrogens with zero attached hydrogens (tertiary/aromatic N) is 4. The summed E-state index contributed by atoms with van der Waals surface area (Å²) < 4.78 is 8.02. The maximum atomic E-state index is 12.3. The molecular weight excluding hydrogens is 454 g/mol. The van der Waals surface area contributed by atoms with E-state index >= 15 is 0 Å². The third kappa shape index (κ3) is 6.34. The Morgan fingerprint density at radius 3 is 2.35 bits per heavy atom. The number of hydrogen-bond donors (Lipinski definition) is 1. The molecule has 1 atom stereocenters. The Balaban J connectivity index is 1.60. The molecule has 0 aliphatic heterocycles. The van der Waals surface area contributed by atoms with Crippen molar-refractivity contribution in [2.45, 2.75) is 57.8 Å². The quantitative estimate of drug-likeness (QED) is 0.247. The summed E-state index contributed by atoms with van der Waals surface area (Å²) in [6, 6.07) is 13.8. The Bertz CT molecular complexity index is 1140. The molecule has 0 radical (unpaired) electrons. The van der Waals surface area contributed by atoms with E-state index < -0.39 is 4.92 Å². The summed E-state index contributed by atoms with van der Waals surface area (Å²) >= 11 is 1.27. The lowest BCUT2D eigenvalue weighted by molar-refractivity contribution is -0.384. The Labute approximate surface area is 203 Å². The van der Waals surface area contributed by atoms with E-state index in [9.17, 15) is 14.9 Å². The van der Waals surface area contributed by atoms with Crippen molar-refractivity contribution in [1.29, 1.82) is 0 Å². The molecule has 0 saturated carbocycles. The highest BCUT2D eigenvalue weighted by Gasteiger charge is 2.20. The molecule has 10 heteroatoms. The Morgan fingerprint density at radius 1 is 1.15 bits per heavy atom. The number of aromatic nitrogens is 3. The van der Waals surface area contributed by atoms with Gasteiger partial charge in [-0.3, -0.25) is 14.9 Å². The van der Waals surface area contributed by atoms with E-state index in [0.717, 1.165) is 5.75 Å². The Morgan fingerprint density at radius 2 is 1.79 bits per heavy atom. The monoisotopic (exact) mass is 483 g/mol. The molecule has 0 fully saturated rings. The number of carbonyl (C=O) groups excluding carboxylic acids is 1. The molecule has 0 aliphatic rings. The lowest BCUT2D eigenvalue weighted by Crippen LogP contribution is -2.15. The van der Waals surface area contributed by atoms with Crippen LogP contribution in [0.3, 0.4) is 0 Å². The summed E-state index contributed by atoms with van der Waals surface area (Å²) in [6.45, 7) is 11.0. The molecule has 180 valence electrons. The first-order valence-electron chi connectivity index (χ1n) is 11.0. The van der Waals surface area contributed by atoms with E-state index in [0.29, 0.717) is 23.2 Å². The fraction of sp³-hybridized carbons (Fsp3) is 0.375. The number of hydrogen-bond acceptors (Lipinski definition) is 7. The van der Waals surface area contributed by atoms with Gasteiger partial charge in [-0.2, -0.15) is 0 Å². The molecule has 1 amide bonds. The minimum absolute atomic E-state index is 0.0302. The number of anilines is 1. The zero-order chi connectivity index (χ0) is 24.9. The summed E-state index contributed by atoms with van der Waals surface area (Å²) in [5.74, 6) is 1.32. The van der Waals surface area contributed by atoms with Gasteiger partial charge in [-0.1, -0.05) is 44.7 Å². The molecule has 3 aromatic rings. The predicted molar refractivity (Wildman–Crippen MR) is 132 cm³/mol. The number of non-ortho nitro benzene ring substituents is 1. The molecule has 0 spiro atoms. The number of amides is 1. The van der Waals surface area contributed by atoms with Gasteiger partial charge in [0.25, 0.3) is 5.69 Å². The van der Waals surface area contributed by atoms with Crippen LogP contribution in [0.2, 0.25) is 0 Å². The van der Waals surface area contributed by atoms with Crippen LogP contribution in [0.1, 0.15) is 52.1 Å². The van der Waals surface area contributed by atoms with Crippen LogP contribution in [0.4, 0.5) is 11.4 Å². The van der Waals surface area contributed by atoms with Gasteiger partial charge in [0.1, 0.15) is 5.75 Å². The summed E-state index contributed by atoms with van der Waals surface area (Å²) in [7, 11) is 0. The zero-order valence-corrected chi connectivity index (χ0v) is 20.8. The van der Waals surface area contributed by atoms with Gasteiger partial charge < -0.3 is 14.6 Å². The molecule has 1 N–H and O–H groups in total. The number of ether oxygens (including phenoxy) is 1. The first-order valence-corrected chi connectivity index (χ1v) is 11.9. The van der Waals surface area contributed by atoms with Gasteiger partial charge >= 0.3 is 0 Å². The highest BCUT2D eigenvalue weighted by Crippen LogP contribution is 2.28. The first kappa shape index (κ1) is 25.2. The number of benzene rings is 2. The number of rotatable bonds is 9. The van der Waals surface area contributed by atoms with E-state index in [1.165, 1.54) is 41.6 Å². The number of nitro benzene ring substituents is 1. The predicted octanol–water partition coefficient (Wildman–Crippen LogP) is 5.37. The van der Waals surface area contributed by atoms with Crippen molar-refractivity contribution in [1.82, 2.24) is 14.8 Å². The van der Waals surface area contributed by atoms with Crippen molar-refractivity contribution < 1.29 is 14.5 Å². The van der Waals surface area contributed by atoms with Crippen molar-refractivity contribution in [2.75, 3.05) is 11.1 Å². The summed E-state index contributed by atoms with van der Waals surface area (Å²) in [6.07, 6.45) is -0.323. The normalized spacial score (nSPS) is 12.3. The van der Waals surface area contributed by atoms with Crippen molar-refractivity contribution in [3.8, 4) is 5.75 Å². The van der Waals surface area contributed by atoms with Crippen LogP contribution in [0.15, 0.2) is 53.7 Å². The lowest BCUT2D eigenvalue weighted by atomic mass is 9.87. The van der Waals surface area contributed by atoms with Crippen LogP contribution in [-0.2, 0) is 16.8 Å². The number of nitrogens with one attached hydrogen (secondary N) is 1. The second-order valence-electron chi connectivity index (χ2n) is 8.76. The van der Waals surface area contributed by atoms with Crippen molar-refractivity contribution in [2.24, 2.45) is 0 Å². The smallest absolute Gasteiger partial charge is 0.269 e. The van der Waals surface area contributed by atoms with Gasteiger partial charge in [0.05, 0.1) is 10.7 Å². The van der Waals surface area contributed by atoms with Gasteiger partial charge in [0, 0.05) is 24.4 Å². The topological polar surface area (TPSA) is 112 Å². The van der Waals surface area contributed by atoms with E-state index in [2.05, 4.69) is 48.4 Å². The van der Waals surface area contributed by atoms with E-state index in [-0.39, 0.29) is 28.9 Å². The molecule has 3 rings (SSSR count). The molecular formula is C24H29N5O4S. The van der Waals surface area contributed by atoms with Crippen LogP contribution >= 0.6 is 11.8 Å². The summed E-state index contributed by atoms with van der Waals surface area (Å²) in [5, 5.41) is 22.6. The SMILES string of the molecule is CCn1c(SCC(=O)Nc2ccc([N+](=O)[O-])cc2)nnc1C(C)Oc1ccc(C(C)(C)C)cc1. The lowest BCUT2D eigenvalue weighted by Gasteiger charge is -2.20.